The van der Waals surface area contributed by atoms with E-state index >= 15 is 0 Å². The maximum Gasteiger partial charge on any atom is 0.0991 e. The van der Waals surface area contributed by atoms with Crippen molar-refractivity contribution in [2.45, 2.75) is 26.2 Å². The summed E-state index contributed by atoms with van der Waals surface area (Å²) in [6.45, 7) is 15.2. The van der Waals surface area contributed by atoms with Gasteiger partial charge in [-0.15, -0.1) is 0 Å². The number of nitriles is 2. The highest BCUT2D eigenvalue weighted by Crippen LogP contribution is 2.51. The zero-order chi connectivity index (χ0) is 42.3. The van der Waals surface area contributed by atoms with Crippen LogP contribution in [0.1, 0.15) is 48.7 Å². The Hall–Kier alpha value is -8.12. The molecule has 0 saturated heterocycles. The average molecular weight is 786 g/mol. The first-order chi connectivity index (χ1) is 29.8. The molecule has 61 heavy (non-hydrogen) atoms. The van der Waals surface area contributed by atoms with Gasteiger partial charge in [0.25, 0.3) is 0 Å². The molecule has 0 unspecified atom stereocenters. The minimum absolute atomic E-state index is 0.405. The number of hydrogen-bond acceptors (Lipinski definition) is 4. The van der Waals surface area contributed by atoms with E-state index in [1.807, 2.05) is 66.8 Å². The normalized spacial score (nSPS) is 13.2. The fourth-order valence-corrected chi connectivity index (χ4v) is 9.07. The lowest BCUT2D eigenvalue weighted by Gasteiger charge is -2.36. The largest absolute Gasteiger partial charge is 0.317 e. The van der Waals surface area contributed by atoms with Crippen LogP contribution in [0.2, 0.25) is 0 Å². The van der Waals surface area contributed by atoms with Crippen LogP contribution in [0.5, 0.6) is 0 Å². The standard InChI is InChI=1S/C56H43N5/c1-6-8-21-50-38(3)60-52(7-2)48(32-33-59(43-28-24-39(36-57)25-29-43)53-22-13-17-41-15-9-11-19-46(41)53)49-34-45(35-51(55(49)60)56(50,4)5)61(44-30-26-40(37-58)27-31-44)54-23-14-18-42-16-10-12-20-47(42)54/h6-35H,1-2H2,3-5H3/b21-8-,33-32+. The molecule has 1 aromatic heterocycles. The zero-order valence-electron chi connectivity index (χ0n) is 34.5. The highest BCUT2D eigenvalue weighted by Gasteiger charge is 2.36. The molecule has 0 atom stereocenters. The van der Waals surface area contributed by atoms with Gasteiger partial charge in [-0.2, -0.15) is 10.5 Å². The lowest BCUT2D eigenvalue weighted by Crippen LogP contribution is -2.27. The number of rotatable bonds is 10. The minimum atomic E-state index is -0.405. The summed E-state index contributed by atoms with van der Waals surface area (Å²) < 4.78 is 2.36. The molecule has 1 aliphatic heterocycles. The lowest BCUT2D eigenvalue weighted by molar-refractivity contribution is 0.631. The molecule has 2 heterocycles. The monoisotopic (exact) mass is 785 g/mol. The second-order valence-electron chi connectivity index (χ2n) is 15.8. The molecule has 0 aliphatic carbocycles. The van der Waals surface area contributed by atoms with Gasteiger partial charge in [-0.1, -0.05) is 118 Å². The van der Waals surface area contributed by atoms with Gasteiger partial charge in [0.05, 0.1) is 45.9 Å². The van der Waals surface area contributed by atoms with E-state index < -0.39 is 5.41 Å². The van der Waals surface area contributed by atoms with Gasteiger partial charge in [0, 0.05) is 56.1 Å². The first-order valence-electron chi connectivity index (χ1n) is 20.4. The Bertz CT molecular complexity index is 3220. The number of benzene rings is 7. The summed E-state index contributed by atoms with van der Waals surface area (Å²) in [5, 5.41) is 25.0. The molecule has 292 valence electrons. The topological polar surface area (TPSA) is 59.0 Å². The average Bonchev–Trinajstić information content (AvgIpc) is 3.62. The number of allylic oxidation sites excluding steroid dienone is 5. The van der Waals surface area contributed by atoms with Gasteiger partial charge in [-0.3, -0.25) is 0 Å². The highest BCUT2D eigenvalue weighted by atomic mass is 15.1. The smallest absolute Gasteiger partial charge is 0.0991 e. The van der Waals surface area contributed by atoms with Crippen molar-refractivity contribution in [3.63, 3.8) is 0 Å². The fourth-order valence-electron chi connectivity index (χ4n) is 9.07. The van der Waals surface area contributed by atoms with Crippen LogP contribution in [0, 0.1) is 22.7 Å². The summed E-state index contributed by atoms with van der Waals surface area (Å²) >= 11 is 0. The molecule has 0 fully saturated rings. The minimum Gasteiger partial charge on any atom is -0.317 e. The number of aromatic nitrogens is 1. The molecule has 5 heteroatoms. The van der Waals surface area contributed by atoms with Crippen LogP contribution in [0.25, 0.3) is 50.3 Å². The molecule has 0 radical (unpaired) electrons. The van der Waals surface area contributed by atoms with E-state index in [1.54, 1.807) is 0 Å². The van der Waals surface area contributed by atoms with E-state index in [1.165, 1.54) is 11.1 Å². The molecule has 0 saturated carbocycles. The van der Waals surface area contributed by atoms with Crippen molar-refractivity contribution in [1.82, 2.24) is 4.57 Å². The predicted molar refractivity (Wildman–Crippen MR) is 256 cm³/mol. The summed E-state index contributed by atoms with van der Waals surface area (Å²) in [6, 6.07) is 54.4. The van der Waals surface area contributed by atoms with E-state index in [0.717, 1.165) is 77.8 Å². The van der Waals surface area contributed by atoms with Crippen molar-refractivity contribution in [3.8, 4) is 12.1 Å². The Balaban J connectivity index is 1.36. The third-order valence-corrected chi connectivity index (χ3v) is 12.0. The molecule has 0 spiro atoms. The van der Waals surface area contributed by atoms with Crippen LogP contribution < -0.4 is 9.80 Å². The van der Waals surface area contributed by atoms with E-state index in [2.05, 4.69) is 176 Å². The number of anilines is 5. The van der Waals surface area contributed by atoms with Crippen LogP contribution in [-0.2, 0) is 5.41 Å². The van der Waals surface area contributed by atoms with Gasteiger partial charge in [0.2, 0.25) is 0 Å². The van der Waals surface area contributed by atoms with Crippen LogP contribution in [0.4, 0.5) is 28.4 Å². The Morgan fingerprint density at radius 2 is 1.20 bits per heavy atom. The summed E-state index contributed by atoms with van der Waals surface area (Å²) in [5.74, 6) is 0. The highest BCUT2D eigenvalue weighted by molar-refractivity contribution is 6.06. The van der Waals surface area contributed by atoms with Crippen molar-refractivity contribution >= 4 is 78.7 Å². The van der Waals surface area contributed by atoms with Crippen molar-refractivity contribution < 1.29 is 0 Å². The molecule has 7 aromatic carbocycles. The van der Waals surface area contributed by atoms with Crippen LogP contribution >= 0.6 is 0 Å². The van der Waals surface area contributed by atoms with Gasteiger partial charge in [0.1, 0.15) is 0 Å². The maximum atomic E-state index is 9.78. The Labute approximate surface area is 357 Å². The second-order valence-corrected chi connectivity index (χ2v) is 15.8. The third kappa shape index (κ3) is 6.50. The summed E-state index contributed by atoms with van der Waals surface area (Å²) in [6.07, 6.45) is 12.3. The van der Waals surface area contributed by atoms with Gasteiger partial charge in [-0.05, 0) is 114 Å². The van der Waals surface area contributed by atoms with E-state index in [0.29, 0.717) is 11.1 Å². The van der Waals surface area contributed by atoms with Crippen molar-refractivity contribution in [2.75, 3.05) is 9.80 Å². The Morgan fingerprint density at radius 1 is 0.623 bits per heavy atom. The van der Waals surface area contributed by atoms with Gasteiger partial charge in [0.15, 0.2) is 0 Å². The van der Waals surface area contributed by atoms with Crippen molar-refractivity contribution in [1.29, 1.82) is 10.5 Å². The molecule has 1 aliphatic rings. The van der Waals surface area contributed by atoms with Gasteiger partial charge >= 0.3 is 0 Å². The van der Waals surface area contributed by atoms with Crippen LogP contribution in [0.3, 0.4) is 0 Å². The second kappa shape index (κ2) is 15.6. The van der Waals surface area contributed by atoms with Gasteiger partial charge in [-0.25, -0.2) is 0 Å². The zero-order valence-corrected chi connectivity index (χ0v) is 34.5. The quantitative estimate of drug-likeness (QED) is 0.130. The molecule has 5 nitrogen and oxygen atoms in total. The SMILES string of the molecule is C=C/C=C\C1=C(C)n2c(C=C)c(/C=C/N(c3ccc(C#N)cc3)c3cccc4ccccc34)c3cc(N(c4ccc(C#N)cc4)c4cccc5ccccc45)cc(c32)C1(C)C. The summed E-state index contributed by atoms with van der Waals surface area (Å²) in [4.78, 5) is 4.52. The van der Waals surface area contributed by atoms with Gasteiger partial charge < -0.3 is 14.4 Å². The molecule has 9 rings (SSSR count). The Morgan fingerprint density at radius 3 is 1.80 bits per heavy atom. The summed E-state index contributed by atoms with van der Waals surface area (Å²) in [5.41, 5.74) is 12.3. The van der Waals surface area contributed by atoms with E-state index in [4.69, 9.17) is 0 Å². The first-order valence-corrected chi connectivity index (χ1v) is 20.4. The molecule has 8 aromatic rings. The van der Waals surface area contributed by atoms with Crippen LogP contribution in [-0.4, -0.2) is 4.57 Å². The van der Waals surface area contributed by atoms with Crippen molar-refractivity contribution in [2.24, 2.45) is 0 Å². The Kier molecular flexibility index (Phi) is 9.80. The van der Waals surface area contributed by atoms with Crippen LogP contribution in [0.15, 0.2) is 189 Å². The molecule has 0 N–H and O–H groups in total. The molecular formula is C56H43N5. The van der Waals surface area contributed by atoms with E-state index in [9.17, 15) is 10.5 Å². The third-order valence-electron chi connectivity index (χ3n) is 12.0. The number of hydrogen-bond donors (Lipinski definition) is 0. The summed E-state index contributed by atoms with van der Waals surface area (Å²) in [7, 11) is 0. The number of fused-ring (bicyclic) bond motifs is 2. The maximum absolute atomic E-state index is 9.78. The van der Waals surface area contributed by atoms with Crippen molar-refractivity contribution in [3.05, 3.63) is 217 Å². The molecule has 0 bridgehead atoms. The predicted octanol–water partition coefficient (Wildman–Crippen LogP) is 14.9. The molecular weight excluding hydrogens is 743 g/mol. The fraction of sp³-hybridized carbons (Fsp3) is 0.0714. The lowest BCUT2D eigenvalue weighted by atomic mass is 9.73. The first kappa shape index (κ1) is 38.4. The number of nitrogens with zero attached hydrogens (tertiary/aromatic N) is 5. The van der Waals surface area contributed by atoms with E-state index in [-0.39, 0.29) is 0 Å². The molecule has 0 amide bonds.